The summed E-state index contributed by atoms with van der Waals surface area (Å²) in [6.07, 6.45) is 1.63. The number of benzene rings is 1. The van der Waals surface area contributed by atoms with E-state index in [1.807, 2.05) is 19.1 Å². The molecule has 1 aromatic heterocycles. The van der Waals surface area contributed by atoms with Crippen LogP contribution >= 0.6 is 23.2 Å². The highest BCUT2D eigenvalue weighted by Crippen LogP contribution is 2.25. The summed E-state index contributed by atoms with van der Waals surface area (Å²) in [4.78, 5) is 4.11. The number of nitrogens with two attached hydrogens (primary N) is 1. The zero-order valence-corrected chi connectivity index (χ0v) is 10.8. The first kappa shape index (κ1) is 12.4. The van der Waals surface area contributed by atoms with Crippen molar-refractivity contribution in [3.63, 3.8) is 0 Å². The second kappa shape index (κ2) is 5.04. The molecule has 1 heterocycles. The first-order valence-corrected chi connectivity index (χ1v) is 5.91. The van der Waals surface area contributed by atoms with Gasteiger partial charge >= 0.3 is 0 Å². The molecule has 2 aromatic rings. The van der Waals surface area contributed by atoms with Crippen molar-refractivity contribution >= 4 is 23.2 Å². The van der Waals surface area contributed by atoms with E-state index in [1.165, 1.54) is 0 Å². The van der Waals surface area contributed by atoms with Crippen molar-refractivity contribution in [3.05, 3.63) is 46.0 Å². The third-order valence-electron chi connectivity index (χ3n) is 2.33. The van der Waals surface area contributed by atoms with E-state index >= 15 is 0 Å². The molecule has 0 radical (unpaired) electrons. The summed E-state index contributed by atoms with van der Waals surface area (Å²) in [7, 11) is 0. The molecule has 2 rings (SSSR count). The highest BCUT2D eigenvalue weighted by Gasteiger charge is 2.08. The van der Waals surface area contributed by atoms with Crippen LogP contribution in [0, 0.1) is 0 Å². The van der Waals surface area contributed by atoms with Crippen molar-refractivity contribution in [2.24, 2.45) is 5.73 Å². The van der Waals surface area contributed by atoms with Crippen molar-refractivity contribution < 1.29 is 0 Å². The van der Waals surface area contributed by atoms with E-state index in [4.69, 9.17) is 28.9 Å². The molecule has 17 heavy (non-hydrogen) atoms. The number of halogens is 2. The van der Waals surface area contributed by atoms with E-state index in [2.05, 4.69) is 10.1 Å². The van der Waals surface area contributed by atoms with E-state index in [-0.39, 0.29) is 6.04 Å². The van der Waals surface area contributed by atoms with E-state index in [0.717, 1.165) is 5.56 Å². The Morgan fingerprint density at radius 2 is 2.18 bits per heavy atom. The normalized spacial score (nSPS) is 12.7. The van der Waals surface area contributed by atoms with Crippen molar-refractivity contribution in [2.45, 2.75) is 19.5 Å². The maximum Gasteiger partial charge on any atom is 0.166 e. The van der Waals surface area contributed by atoms with Gasteiger partial charge in [0.1, 0.15) is 6.33 Å². The Morgan fingerprint density at radius 1 is 1.41 bits per heavy atom. The van der Waals surface area contributed by atoms with Gasteiger partial charge < -0.3 is 5.73 Å². The van der Waals surface area contributed by atoms with Crippen LogP contribution in [0.5, 0.6) is 0 Å². The molecule has 1 aromatic carbocycles. The Kier molecular flexibility index (Phi) is 3.66. The minimum absolute atomic E-state index is 0.175. The number of hydrogen-bond acceptors (Lipinski definition) is 3. The van der Waals surface area contributed by atoms with Crippen LogP contribution in [0.4, 0.5) is 0 Å². The molecule has 0 aliphatic heterocycles. The highest BCUT2D eigenvalue weighted by atomic mass is 35.5. The molecule has 0 aliphatic carbocycles. The van der Waals surface area contributed by atoms with Crippen LogP contribution in [0.2, 0.25) is 10.0 Å². The van der Waals surface area contributed by atoms with E-state index < -0.39 is 0 Å². The van der Waals surface area contributed by atoms with Crippen molar-refractivity contribution in [1.29, 1.82) is 0 Å². The maximum atomic E-state index is 6.09. The molecular formula is C11H12Cl2N4. The number of rotatable bonds is 3. The zero-order valence-electron chi connectivity index (χ0n) is 9.27. The standard InChI is InChI=1S/C11H12Cl2N4/c1-7(14)11-15-6-17(16-11)5-8-3-2-4-9(12)10(8)13/h2-4,6-7H,5,14H2,1H3. The monoisotopic (exact) mass is 270 g/mol. The fraction of sp³-hybridized carbons (Fsp3) is 0.273. The molecule has 0 saturated heterocycles. The molecule has 0 spiro atoms. The molecule has 0 amide bonds. The van der Waals surface area contributed by atoms with Gasteiger partial charge in [-0.05, 0) is 18.6 Å². The summed E-state index contributed by atoms with van der Waals surface area (Å²) in [5, 5.41) is 5.34. The lowest BCUT2D eigenvalue weighted by molar-refractivity contribution is 0.649. The van der Waals surface area contributed by atoms with E-state index in [0.29, 0.717) is 22.4 Å². The Balaban J connectivity index is 2.22. The third-order valence-corrected chi connectivity index (χ3v) is 3.18. The highest BCUT2D eigenvalue weighted by molar-refractivity contribution is 6.42. The fourth-order valence-electron chi connectivity index (χ4n) is 1.44. The van der Waals surface area contributed by atoms with Crippen molar-refractivity contribution in [1.82, 2.24) is 14.8 Å². The summed E-state index contributed by atoms with van der Waals surface area (Å²) in [5.41, 5.74) is 6.59. The van der Waals surface area contributed by atoms with Crippen molar-refractivity contribution in [2.75, 3.05) is 0 Å². The maximum absolute atomic E-state index is 6.09. The molecule has 1 unspecified atom stereocenters. The lowest BCUT2D eigenvalue weighted by atomic mass is 10.2. The summed E-state index contributed by atoms with van der Waals surface area (Å²) in [5.74, 6) is 0.614. The van der Waals surface area contributed by atoms with Crippen LogP contribution in [-0.2, 0) is 6.54 Å². The van der Waals surface area contributed by atoms with Gasteiger partial charge in [-0.2, -0.15) is 5.10 Å². The SMILES string of the molecule is CC(N)c1ncn(Cc2cccc(Cl)c2Cl)n1. The van der Waals surface area contributed by atoms with Crippen LogP contribution in [0.3, 0.4) is 0 Å². The van der Waals surface area contributed by atoms with Gasteiger partial charge in [-0.15, -0.1) is 0 Å². The second-order valence-electron chi connectivity index (χ2n) is 3.80. The number of hydrogen-bond donors (Lipinski definition) is 1. The molecule has 90 valence electrons. The Labute approximate surface area is 109 Å². The first-order valence-electron chi connectivity index (χ1n) is 5.15. The van der Waals surface area contributed by atoms with Crippen LogP contribution in [0.1, 0.15) is 24.4 Å². The molecular weight excluding hydrogens is 259 g/mol. The predicted octanol–water partition coefficient (Wildman–Crippen LogP) is 2.65. The lowest BCUT2D eigenvalue weighted by Gasteiger charge is -2.05. The first-order chi connectivity index (χ1) is 8.08. The third kappa shape index (κ3) is 2.77. The summed E-state index contributed by atoms with van der Waals surface area (Å²) in [6.45, 7) is 2.37. The molecule has 0 fully saturated rings. The van der Waals surface area contributed by atoms with Crippen LogP contribution in [0.25, 0.3) is 0 Å². The van der Waals surface area contributed by atoms with Gasteiger partial charge in [-0.25, -0.2) is 9.67 Å². The molecule has 4 nitrogen and oxygen atoms in total. The summed E-state index contributed by atoms with van der Waals surface area (Å²) < 4.78 is 1.69. The molecule has 0 aliphatic rings. The van der Waals surface area contributed by atoms with Crippen LogP contribution < -0.4 is 5.73 Å². The van der Waals surface area contributed by atoms with Gasteiger partial charge in [-0.3, -0.25) is 0 Å². The minimum Gasteiger partial charge on any atom is -0.321 e. The second-order valence-corrected chi connectivity index (χ2v) is 4.59. The van der Waals surface area contributed by atoms with Gasteiger partial charge in [0.05, 0.1) is 22.6 Å². The Hall–Kier alpha value is -1.10. The Morgan fingerprint density at radius 3 is 2.82 bits per heavy atom. The van der Waals surface area contributed by atoms with E-state index in [9.17, 15) is 0 Å². The van der Waals surface area contributed by atoms with Gasteiger partial charge in [0.25, 0.3) is 0 Å². The van der Waals surface area contributed by atoms with Crippen LogP contribution in [0.15, 0.2) is 24.5 Å². The summed E-state index contributed by atoms with van der Waals surface area (Å²) >= 11 is 12.0. The summed E-state index contributed by atoms with van der Waals surface area (Å²) in [6, 6.07) is 5.34. The average Bonchev–Trinajstić information content (AvgIpc) is 2.73. The fourth-order valence-corrected chi connectivity index (χ4v) is 1.82. The molecule has 2 N–H and O–H groups in total. The Bertz CT molecular complexity index is 522. The van der Waals surface area contributed by atoms with Crippen molar-refractivity contribution in [3.8, 4) is 0 Å². The number of nitrogens with zero attached hydrogens (tertiary/aromatic N) is 3. The average molecular weight is 271 g/mol. The molecule has 1 atom stereocenters. The van der Waals surface area contributed by atoms with Gasteiger partial charge in [0, 0.05) is 0 Å². The van der Waals surface area contributed by atoms with Gasteiger partial charge in [0.15, 0.2) is 5.82 Å². The minimum atomic E-state index is -0.175. The lowest BCUT2D eigenvalue weighted by Crippen LogP contribution is -2.08. The topological polar surface area (TPSA) is 56.7 Å². The largest absolute Gasteiger partial charge is 0.321 e. The molecule has 6 heteroatoms. The predicted molar refractivity (Wildman–Crippen MR) is 68.2 cm³/mol. The zero-order chi connectivity index (χ0) is 12.4. The van der Waals surface area contributed by atoms with E-state index in [1.54, 1.807) is 17.1 Å². The quantitative estimate of drug-likeness (QED) is 0.933. The van der Waals surface area contributed by atoms with Crippen LogP contribution in [-0.4, -0.2) is 14.8 Å². The molecule has 0 bridgehead atoms. The smallest absolute Gasteiger partial charge is 0.166 e. The molecule has 0 saturated carbocycles. The number of aromatic nitrogens is 3. The van der Waals surface area contributed by atoms with Gasteiger partial charge in [-0.1, -0.05) is 35.3 Å². The van der Waals surface area contributed by atoms with Gasteiger partial charge in [0.2, 0.25) is 0 Å².